The lowest BCUT2D eigenvalue weighted by Crippen LogP contribution is -2.53. The van der Waals surface area contributed by atoms with Crippen LogP contribution in [-0.4, -0.2) is 79.8 Å². The summed E-state index contributed by atoms with van der Waals surface area (Å²) in [5.74, 6) is -1.51. The van der Waals surface area contributed by atoms with Gasteiger partial charge in [0.15, 0.2) is 9.84 Å². The third kappa shape index (κ3) is 7.31. The second-order valence-corrected chi connectivity index (χ2v) is 14.3. The summed E-state index contributed by atoms with van der Waals surface area (Å²) in [6, 6.07) is 10.1. The SMILES string of the molecule is CSc1ccc(S(=O)(=O)C[C@@H]2CC(N(C)C(C)C)CCC2N2CC[C@H](NC(=O)c3cccc(C(F)(F)F)c3)C2=O)cc1. The van der Waals surface area contributed by atoms with Crippen molar-refractivity contribution in [3.8, 4) is 0 Å². The number of carbonyl (C=O) groups excluding carboxylic acids is 2. The average Bonchev–Trinajstić information content (AvgIpc) is 3.31. The number of halogens is 3. The van der Waals surface area contributed by atoms with Crippen LogP contribution in [-0.2, 0) is 20.8 Å². The normalized spacial score (nSPS) is 23.5. The molecular weight excluding hydrogens is 587 g/mol. The topological polar surface area (TPSA) is 86.8 Å². The number of carbonyl (C=O) groups is 2. The molecular formula is C30H38F3N3O4S2. The Morgan fingerprint density at radius 2 is 1.81 bits per heavy atom. The van der Waals surface area contributed by atoms with Gasteiger partial charge in [-0.3, -0.25) is 9.59 Å². The average molecular weight is 626 g/mol. The highest BCUT2D eigenvalue weighted by atomic mass is 32.2. The van der Waals surface area contributed by atoms with Gasteiger partial charge in [0.2, 0.25) is 5.91 Å². The molecule has 42 heavy (non-hydrogen) atoms. The highest BCUT2D eigenvalue weighted by molar-refractivity contribution is 7.98. The summed E-state index contributed by atoms with van der Waals surface area (Å²) in [5, 5.41) is 2.61. The Hall–Kier alpha value is -2.57. The van der Waals surface area contributed by atoms with Gasteiger partial charge in [-0.25, -0.2) is 8.42 Å². The number of likely N-dealkylation sites (tertiary alicyclic amines) is 1. The molecule has 2 aromatic rings. The van der Waals surface area contributed by atoms with Crippen molar-refractivity contribution >= 4 is 33.4 Å². The van der Waals surface area contributed by atoms with Crippen molar-refractivity contribution in [3.05, 3.63) is 59.7 Å². The van der Waals surface area contributed by atoms with Crippen LogP contribution in [0.4, 0.5) is 13.2 Å². The van der Waals surface area contributed by atoms with Crippen LogP contribution in [0.3, 0.4) is 0 Å². The van der Waals surface area contributed by atoms with Gasteiger partial charge in [0, 0.05) is 35.1 Å². The molecule has 7 nitrogen and oxygen atoms in total. The third-order valence-corrected chi connectivity index (χ3v) is 11.2. The molecule has 1 aliphatic heterocycles. The zero-order chi connectivity index (χ0) is 30.8. The lowest BCUT2D eigenvalue weighted by Gasteiger charge is -2.44. The first-order valence-electron chi connectivity index (χ1n) is 14.1. The van der Waals surface area contributed by atoms with Crippen LogP contribution >= 0.6 is 11.8 Å². The summed E-state index contributed by atoms with van der Waals surface area (Å²) >= 11 is 1.53. The van der Waals surface area contributed by atoms with Gasteiger partial charge in [0.25, 0.3) is 5.91 Å². The lowest BCUT2D eigenvalue weighted by atomic mass is 9.81. The Balaban J connectivity index is 1.52. The number of nitrogens with one attached hydrogen (secondary N) is 1. The summed E-state index contributed by atoms with van der Waals surface area (Å²) in [6.45, 7) is 4.51. The molecule has 1 heterocycles. The van der Waals surface area contributed by atoms with Gasteiger partial charge >= 0.3 is 6.18 Å². The number of alkyl halides is 3. The number of sulfone groups is 1. The van der Waals surface area contributed by atoms with E-state index in [1.54, 1.807) is 29.2 Å². The number of rotatable bonds is 9. The molecule has 2 aliphatic rings. The predicted molar refractivity (Wildman–Crippen MR) is 157 cm³/mol. The fraction of sp³-hybridized carbons (Fsp3) is 0.533. The van der Waals surface area contributed by atoms with Gasteiger partial charge in [-0.05, 0) is 101 Å². The molecule has 2 fully saturated rings. The molecule has 0 aromatic heterocycles. The Morgan fingerprint density at radius 1 is 1.12 bits per heavy atom. The molecule has 1 saturated heterocycles. The van der Waals surface area contributed by atoms with Gasteiger partial charge in [0.1, 0.15) is 6.04 Å². The summed E-state index contributed by atoms with van der Waals surface area (Å²) in [5.41, 5.74) is -1.12. The minimum Gasteiger partial charge on any atom is -0.340 e. The highest BCUT2D eigenvalue weighted by Gasteiger charge is 2.44. The van der Waals surface area contributed by atoms with Gasteiger partial charge in [-0.2, -0.15) is 13.2 Å². The third-order valence-electron chi connectivity index (χ3n) is 8.55. The minimum atomic E-state index is -4.59. The van der Waals surface area contributed by atoms with E-state index in [1.807, 2.05) is 13.3 Å². The smallest absolute Gasteiger partial charge is 0.340 e. The first kappa shape index (κ1) is 32.3. The van der Waals surface area contributed by atoms with E-state index in [0.717, 1.165) is 29.5 Å². The number of nitrogens with zero attached hydrogens (tertiary/aromatic N) is 2. The maximum absolute atomic E-state index is 13.6. The number of amides is 2. The van der Waals surface area contributed by atoms with Crippen LogP contribution in [0.15, 0.2) is 58.3 Å². The van der Waals surface area contributed by atoms with Crippen LogP contribution in [0.1, 0.15) is 55.5 Å². The lowest BCUT2D eigenvalue weighted by molar-refractivity contribution is -0.137. The number of hydrogen-bond donors (Lipinski definition) is 1. The Labute approximate surface area is 250 Å². The van der Waals surface area contributed by atoms with E-state index in [-0.39, 0.29) is 46.2 Å². The van der Waals surface area contributed by atoms with Gasteiger partial charge in [-0.15, -0.1) is 11.8 Å². The molecule has 0 radical (unpaired) electrons. The maximum Gasteiger partial charge on any atom is 0.416 e. The van der Waals surface area contributed by atoms with Crippen LogP contribution in [0.2, 0.25) is 0 Å². The van der Waals surface area contributed by atoms with E-state index in [2.05, 4.69) is 24.1 Å². The van der Waals surface area contributed by atoms with Crippen molar-refractivity contribution in [2.45, 2.75) is 79.7 Å². The van der Waals surface area contributed by atoms with E-state index in [9.17, 15) is 31.2 Å². The van der Waals surface area contributed by atoms with Crippen LogP contribution in [0.5, 0.6) is 0 Å². The first-order chi connectivity index (χ1) is 19.7. The molecule has 12 heteroatoms. The number of benzene rings is 2. The second-order valence-electron chi connectivity index (χ2n) is 11.4. The van der Waals surface area contributed by atoms with E-state index >= 15 is 0 Å². The monoisotopic (exact) mass is 625 g/mol. The van der Waals surface area contributed by atoms with E-state index < -0.39 is 33.5 Å². The summed E-state index contributed by atoms with van der Waals surface area (Å²) in [4.78, 5) is 31.5. The molecule has 2 amide bonds. The Morgan fingerprint density at radius 3 is 2.43 bits per heavy atom. The highest BCUT2D eigenvalue weighted by Crippen LogP contribution is 2.36. The Bertz CT molecular complexity index is 1380. The zero-order valence-corrected chi connectivity index (χ0v) is 25.9. The van der Waals surface area contributed by atoms with Crippen LogP contribution < -0.4 is 5.32 Å². The van der Waals surface area contributed by atoms with Gasteiger partial charge < -0.3 is 15.1 Å². The fourth-order valence-corrected chi connectivity index (χ4v) is 8.08. The van der Waals surface area contributed by atoms with Gasteiger partial charge in [-0.1, -0.05) is 6.07 Å². The van der Waals surface area contributed by atoms with Crippen LogP contribution in [0, 0.1) is 5.92 Å². The number of hydrogen-bond acceptors (Lipinski definition) is 6. The van der Waals surface area contributed by atoms with Gasteiger partial charge in [0.05, 0.1) is 16.2 Å². The number of thioether (sulfide) groups is 1. The van der Waals surface area contributed by atoms with Crippen molar-refractivity contribution in [1.29, 1.82) is 0 Å². The van der Waals surface area contributed by atoms with E-state index in [0.29, 0.717) is 25.8 Å². The molecule has 2 unspecified atom stereocenters. The summed E-state index contributed by atoms with van der Waals surface area (Å²) < 4.78 is 66.5. The quantitative estimate of drug-likeness (QED) is 0.390. The molecule has 0 spiro atoms. The first-order valence-corrected chi connectivity index (χ1v) is 17.0. The summed E-state index contributed by atoms with van der Waals surface area (Å²) in [6.07, 6.45) is -0.358. The molecule has 0 bridgehead atoms. The second kappa shape index (κ2) is 13.0. The molecule has 4 rings (SSSR count). The predicted octanol–water partition coefficient (Wildman–Crippen LogP) is 5.11. The maximum atomic E-state index is 13.6. The Kier molecular flexibility index (Phi) is 9.99. The van der Waals surface area contributed by atoms with E-state index in [4.69, 9.17) is 0 Å². The fourth-order valence-electron chi connectivity index (χ4n) is 6.01. The van der Waals surface area contributed by atoms with Crippen molar-refractivity contribution in [3.63, 3.8) is 0 Å². The molecule has 1 N–H and O–H groups in total. The summed E-state index contributed by atoms with van der Waals surface area (Å²) in [7, 11) is -1.62. The van der Waals surface area contributed by atoms with Crippen molar-refractivity contribution in [2.24, 2.45) is 5.92 Å². The molecule has 4 atom stereocenters. The van der Waals surface area contributed by atoms with Crippen molar-refractivity contribution < 1.29 is 31.2 Å². The molecule has 230 valence electrons. The van der Waals surface area contributed by atoms with Crippen molar-refractivity contribution in [2.75, 3.05) is 25.6 Å². The standard InChI is InChI=1S/C30H38F3N3O4S2/c1-19(2)35(3)23-8-13-27(21(17-23)18-42(39,40)25-11-9-24(41-4)10-12-25)36-15-14-26(29(36)38)34-28(37)20-6-5-7-22(16-20)30(31,32)33/h5-7,9-12,16,19,21,23,26-27H,8,13-15,17-18H2,1-4H3,(H,34,37)/t21-,23?,26-,27?/m0/s1. The van der Waals surface area contributed by atoms with E-state index in [1.165, 1.54) is 17.8 Å². The molecule has 1 aliphatic carbocycles. The zero-order valence-electron chi connectivity index (χ0n) is 24.2. The van der Waals surface area contributed by atoms with Crippen molar-refractivity contribution in [1.82, 2.24) is 15.1 Å². The molecule has 2 aromatic carbocycles. The van der Waals surface area contributed by atoms with Crippen LogP contribution in [0.25, 0.3) is 0 Å². The molecule has 1 saturated carbocycles. The largest absolute Gasteiger partial charge is 0.416 e. The minimum absolute atomic E-state index is 0.107.